The van der Waals surface area contributed by atoms with Crippen LogP contribution in [0.3, 0.4) is 0 Å². The lowest BCUT2D eigenvalue weighted by molar-refractivity contribution is 0.281. The number of likely N-dealkylation sites (N-methyl/N-ethyl adjacent to an activating group) is 1. The molecule has 0 saturated heterocycles. The van der Waals surface area contributed by atoms with Gasteiger partial charge in [0.25, 0.3) is 0 Å². The number of ether oxygens (including phenoxy) is 1. The highest BCUT2D eigenvalue weighted by Crippen LogP contribution is 2.13. The standard InChI is InChI=1S/C20H31N5O.HI/c1-7-21-20(22-14-19-16(3)23-25(6)17(19)4)24(5)12-13-26-18-10-8-15(2)9-11-18;/h8-11H,7,12-14H2,1-6H3,(H,21,22);1H. The second-order valence-electron chi connectivity index (χ2n) is 6.53. The summed E-state index contributed by atoms with van der Waals surface area (Å²) >= 11 is 0. The molecule has 0 bridgehead atoms. The van der Waals surface area contributed by atoms with Gasteiger partial charge in [-0.3, -0.25) is 4.68 Å². The Balaban J connectivity index is 0.00000364. The Bertz CT molecular complexity index is 740. The van der Waals surface area contributed by atoms with Gasteiger partial charge >= 0.3 is 0 Å². The Hall–Kier alpha value is -1.77. The zero-order chi connectivity index (χ0) is 19.1. The number of aryl methyl sites for hydroxylation is 3. The molecule has 1 N–H and O–H groups in total. The predicted octanol–water partition coefficient (Wildman–Crippen LogP) is 3.44. The number of hydrogen-bond donors (Lipinski definition) is 1. The largest absolute Gasteiger partial charge is 0.492 e. The first kappa shape index (κ1) is 23.3. The molecule has 2 aromatic rings. The van der Waals surface area contributed by atoms with Crippen LogP contribution in [0, 0.1) is 20.8 Å². The summed E-state index contributed by atoms with van der Waals surface area (Å²) in [6.45, 7) is 11.1. The molecular weight excluding hydrogens is 453 g/mol. The van der Waals surface area contributed by atoms with E-state index in [1.54, 1.807) is 0 Å². The Morgan fingerprint density at radius 1 is 1.22 bits per heavy atom. The third-order valence-corrected chi connectivity index (χ3v) is 4.46. The van der Waals surface area contributed by atoms with Crippen LogP contribution in [0.4, 0.5) is 0 Å². The van der Waals surface area contributed by atoms with Crippen LogP contribution in [0.2, 0.25) is 0 Å². The van der Waals surface area contributed by atoms with Crippen molar-refractivity contribution in [3.63, 3.8) is 0 Å². The van der Waals surface area contributed by atoms with Crippen LogP contribution < -0.4 is 10.1 Å². The van der Waals surface area contributed by atoms with Gasteiger partial charge in [-0.2, -0.15) is 5.10 Å². The van der Waals surface area contributed by atoms with E-state index in [2.05, 4.69) is 48.2 Å². The molecule has 1 aromatic carbocycles. The smallest absolute Gasteiger partial charge is 0.194 e. The van der Waals surface area contributed by atoms with E-state index in [4.69, 9.17) is 9.73 Å². The molecule has 0 atom stereocenters. The monoisotopic (exact) mass is 485 g/mol. The highest BCUT2D eigenvalue weighted by atomic mass is 127. The number of guanidine groups is 1. The molecule has 0 fully saturated rings. The number of nitrogens with zero attached hydrogens (tertiary/aromatic N) is 4. The van der Waals surface area contributed by atoms with Crippen LogP contribution in [0.15, 0.2) is 29.3 Å². The number of benzene rings is 1. The number of hydrogen-bond acceptors (Lipinski definition) is 3. The molecule has 150 valence electrons. The summed E-state index contributed by atoms with van der Waals surface area (Å²) in [6, 6.07) is 8.12. The van der Waals surface area contributed by atoms with Gasteiger partial charge in [-0.25, -0.2) is 4.99 Å². The Morgan fingerprint density at radius 2 is 1.89 bits per heavy atom. The normalized spacial score (nSPS) is 11.1. The fourth-order valence-corrected chi connectivity index (χ4v) is 2.71. The fraction of sp³-hybridized carbons (Fsp3) is 0.500. The van der Waals surface area contributed by atoms with Gasteiger partial charge in [-0.05, 0) is 39.8 Å². The van der Waals surface area contributed by atoms with Gasteiger partial charge in [0.05, 0.1) is 18.8 Å². The van der Waals surface area contributed by atoms with Crippen LogP contribution in [-0.4, -0.2) is 47.4 Å². The van der Waals surface area contributed by atoms with Crippen LogP contribution in [0.1, 0.15) is 29.4 Å². The minimum Gasteiger partial charge on any atom is -0.492 e. The number of aromatic nitrogens is 2. The van der Waals surface area contributed by atoms with E-state index in [0.29, 0.717) is 13.2 Å². The summed E-state index contributed by atoms with van der Waals surface area (Å²) in [5.74, 6) is 1.77. The SMILES string of the molecule is CCNC(=NCc1c(C)nn(C)c1C)N(C)CCOc1ccc(C)cc1.I. The topological polar surface area (TPSA) is 54.7 Å². The van der Waals surface area contributed by atoms with Crippen molar-refractivity contribution in [1.29, 1.82) is 0 Å². The maximum Gasteiger partial charge on any atom is 0.194 e. The molecule has 6 nitrogen and oxygen atoms in total. The molecule has 0 unspecified atom stereocenters. The molecule has 0 aliphatic rings. The first-order valence-electron chi connectivity index (χ1n) is 9.10. The molecule has 0 amide bonds. The Labute approximate surface area is 180 Å². The van der Waals surface area contributed by atoms with Crippen molar-refractivity contribution in [2.45, 2.75) is 34.2 Å². The number of halogens is 1. The summed E-state index contributed by atoms with van der Waals surface area (Å²) in [5.41, 5.74) is 4.62. The summed E-state index contributed by atoms with van der Waals surface area (Å²) in [6.07, 6.45) is 0. The van der Waals surface area contributed by atoms with Gasteiger partial charge in [-0.15, -0.1) is 24.0 Å². The molecule has 27 heavy (non-hydrogen) atoms. The van der Waals surface area contributed by atoms with Gasteiger partial charge < -0.3 is 15.0 Å². The second kappa shape index (κ2) is 11.2. The average molecular weight is 485 g/mol. The van der Waals surface area contributed by atoms with Crippen molar-refractivity contribution < 1.29 is 4.74 Å². The highest BCUT2D eigenvalue weighted by Gasteiger charge is 2.11. The van der Waals surface area contributed by atoms with Crippen LogP contribution in [0.5, 0.6) is 5.75 Å². The quantitative estimate of drug-likeness (QED) is 0.371. The maximum absolute atomic E-state index is 5.83. The van der Waals surface area contributed by atoms with E-state index in [1.807, 2.05) is 37.8 Å². The zero-order valence-electron chi connectivity index (χ0n) is 17.2. The van der Waals surface area contributed by atoms with E-state index in [9.17, 15) is 0 Å². The van der Waals surface area contributed by atoms with Crippen molar-refractivity contribution in [2.75, 3.05) is 26.7 Å². The highest BCUT2D eigenvalue weighted by molar-refractivity contribution is 14.0. The van der Waals surface area contributed by atoms with Gasteiger partial charge in [0.1, 0.15) is 12.4 Å². The van der Waals surface area contributed by atoms with Crippen LogP contribution >= 0.6 is 24.0 Å². The predicted molar refractivity (Wildman–Crippen MR) is 122 cm³/mol. The molecule has 0 aliphatic heterocycles. The van der Waals surface area contributed by atoms with Crippen molar-refractivity contribution in [1.82, 2.24) is 20.0 Å². The van der Waals surface area contributed by atoms with Gasteiger partial charge in [0, 0.05) is 31.9 Å². The molecule has 1 aromatic heterocycles. The lowest BCUT2D eigenvalue weighted by Gasteiger charge is -2.22. The molecule has 1 heterocycles. The van der Waals surface area contributed by atoms with Crippen molar-refractivity contribution >= 4 is 29.9 Å². The molecule has 0 aliphatic carbocycles. The zero-order valence-corrected chi connectivity index (χ0v) is 19.6. The summed E-state index contributed by atoms with van der Waals surface area (Å²) in [4.78, 5) is 6.87. The lowest BCUT2D eigenvalue weighted by atomic mass is 10.2. The van der Waals surface area contributed by atoms with Crippen molar-refractivity contribution in [2.24, 2.45) is 12.0 Å². The molecule has 7 heteroatoms. The third-order valence-electron chi connectivity index (χ3n) is 4.46. The Kier molecular flexibility index (Phi) is 9.62. The molecular formula is C20H32IN5O. The van der Waals surface area contributed by atoms with Crippen molar-refractivity contribution in [3.05, 3.63) is 46.8 Å². The third kappa shape index (κ3) is 6.71. The molecule has 2 rings (SSSR count). The second-order valence-corrected chi connectivity index (χ2v) is 6.53. The average Bonchev–Trinajstić information content (AvgIpc) is 2.85. The van der Waals surface area contributed by atoms with E-state index in [1.165, 1.54) is 11.1 Å². The van der Waals surface area contributed by atoms with Gasteiger partial charge in [-0.1, -0.05) is 17.7 Å². The summed E-state index contributed by atoms with van der Waals surface area (Å²) in [7, 11) is 4.00. The van der Waals surface area contributed by atoms with E-state index in [0.717, 1.165) is 36.2 Å². The first-order chi connectivity index (χ1) is 12.4. The van der Waals surface area contributed by atoms with Gasteiger partial charge in [0.15, 0.2) is 5.96 Å². The van der Waals surface area contributed by atoms with Gasteiger partial charge in [0.2, 0.25) is 0 Å². The fourth-order valence-electron chi connectivity index (χ4n) is 2.71. The Morgan fingerprint density at radius 3 is 2.44 bits per heavy atom. The minimum atomic E-state index is 0. The minimum absolute atomic E-state index is 0. The number of nitrogens with one attached hydrogen (secondary N) is 1. The maximum atomic E-state index is 5.83. The van der Waals surface area contributed by atoms with E-state index >= 15 is 0 Å². The number of aliphatic imine (C=N–C) groups is 1. The molecule has 0 spiro atoms. The van der Waals surface area contributed by atoms with Crippen molar-refractivity contribution in [3.8, 4) is 5.75 Å². The van der Waals surface area contributed by atoms with Crippen LogP contribution in [0.25, 0.3) is 0 Å². The number of rotatable bonds is 7. The van der Waals surface area contributed by atoms with E-state index < -0.39 is 0 Å². The lowest BCUT2D eigenvalue weighted by Crippen LogP contribution is -2.40. The first-order valence-corrected chi connectivity index (χ1v) is 9.10. The summed E-state index contributed by atoms with van der Waals surface area (Å²) < 4.78 is 7.74. The molecule has 0 saturated carbocycles. The van der Waals surface area contributed by atoms with Crippen LogP contribution in [-0.2, 0) is 13.6 Å². The van der Waals surface area contributed by atoms with E-state index in [-0.39, 0.29) is 24.0 Å². The molecule has 0 radical (unpaired) electrons. The summed E-state index contributed by atoms with van der Waals surface area (Å²) in [5, 5.41) is 7.81.